The van der Waals surface area contributed by atoms with Crippen LogP contribution in [0.15, 0.2) is 12.1 Å². The molecule has 0 amide bonds. The van der Waals surface area contributed by atoms with Crippen molar-refractivity contribution in [1.29, 1.82) is 0 Å². The SMILES string of the molecule is COC(=O)c1ccc2c([n+]1[O-])C(C)(C)CCO2. The fourth-order valence-electron chi connectivity index (χ4n) is 2.04. The third kappa shape index (κ3) is 1.81. The monoisotopic (exact) mass is 237 g/mol. The lowest BCUT2D eigenvalue weighted by molar-refractivity contribution is -0.622. The van der Waals surface area contributed by atoms with Crippen LogP contribution in [-0.2, 0) is 10.2 Å². The maximum absolute atomic E-state index is 12.2. The van der Waals surface area contributed by atoms with Gasteiger partial charge in [-0.3, -0.25) is 0 Å². The van der Waals surface area contributed by atoms with Gasteiger partial charge in [-0.25, -0.2) is 4.79 Å². The zero-order chi connectivity index (χ0) is 12.6. The summed E-state index contributed by atoms with van der Waals surface area (Å²) >= 11 is 0. The van der Waals surface area contributed by atoms with Crippen LogP contribution in [0.25, 0.3) is 0 Å². The van der Waals surface area contributed by atoms with E-state index < -0.39 is 5.97 Å². The number of carbonyl (C=O) groups excluding carboxylic acids is 1. The Bertz CT molecular complexity index is 468. The second-order valence-corrected chi connectivity index (χ2v) is 4.70. The normalized spacial score (nSPS) is 16.9. The number of rotatable bonds is 1. The van der Waals surface area contributed by atoms with E-state index in [0.717, 1.165) is 6.42 Å². The van der Waals surface area contributed by atoms with E-state index in [4.69, 9.17) is 4.74 Å². The zero-order valence-electron chi connectivity index (χ0n) is 10.1. The van der Waals surface area contributed by atoms with Crippen molar-refractivity contribution in [1.82, 2.24) is 0 Å². The first-order chi connectivity index (χ1) is 7.97. The van der Waals surface area contributed by atoms with E-state index in [-0.39, 0.29) is 11.1 Å². The van der Waals surface area contributed by atoms with Crippen LogP contribution >= 0.6 is 0 Å². The second-order valence-electron chi connectivity index (χ2n) is 4.70. The summed E-state index contributed by atoms with van der Waals surface area (Å²) in [6.07, 6.45) is 0.743. The topological polar surface area (TPSA) is 62.5 Å². The number of ether oxygens (including phenoxy) is 2. The second kappa shape index (κ2) is 3.91. The van der Waals surface area contributed by atoms with E-state index in [1.54, 1.807) is 6.07 Å². The molecule has 0 spiro atoms. The number of carbonyl (C=O) groups is 1. The largest absolute Gasteiger partial charge is 0.618 e. The highest BCUT2D eigenvalue weighted by atomic mass is 16.5. The number of aromatic nitrogens is 1. The fourth-order valence-corrected chi connectivity index (χ4v) is 2.04. The smallest absolute Gasteiger partial charge is 0.404 e. The Morgan fingerprint density at radius 1 is 1.53 bits per heavy atom. The van der Waals surface area contributed by atoms with E-state index in [9.17, 15) is 10.0 Å². The van der Waals surface area contributed by atoms with Gasteiger partial charge in [-0.15, -0.1) is 0 Å². The highest BCUT2D eigenvalue weighted by molar-refractivity contribution is 5.85. The van der Waals surface area contributed by atoms with Gasteiger partial charge in [0.25, 0.3) is 0 Å². The number of nitrogens with zero attached hydrogens (tertiary/aromatic N) is 1. The molecule has 0 radical (unpaired) electrons. The Morgan fingerprint density at radius 2 is 2.24 bits per heavy atom. The summed E-state index contributed by atoms with van der Waals surface area (Å²) in [7, 11) is 1.25. The molecule has 2 rings (SSSR count). The van der Waals surface area contributed by atoms with E-state index in [1.807, 2.05) is 13.8 Å². The summed E-state index contributed by atoms with van der Waals surface area (Å²) in [6.45, 7) is 4.51. The lowest BCUT2D eigenvalue weighted by Crippen LogP contribution is -2.47. The average molecular weight is 237 g/mol. The number of methoxy groups -OCH3 is 1. The summed E-state index contributed by atoms with van der Waals surface area (Å²) < 4.78 is 10.6. The highest BCUT2D eigenvalue weighted by Crippen LogP contribution is 2.35. The Kier molecular flexibility index (Phi) is 2.69. The Morgan fingerprint density at radius 3 is 2.88 bits per heavy atom. The standard InChI is InChI=1S/C12H15NO4/c1-12(2)6-7-17-9-5-4-8(11(14)16-3)13(15)10(9)12/h4-5H,6-7H2,1-3H3. The van der Waals surface area contributed by atoms with E-state index >= 15 is 0 Å². The van der Waals surface area contributed by atoms with Crippen LogP contribution in [0, 0.1) is 5.21 Å². The van der Waals surface area contributed by atoms with Gasteiger partial charge in [0.15, 0.2) is 5.75 Å². The zero-order valence-corrected chi connectivity index (χ0v) is 10.1. The van der Waals surface area contributed by atoms with Crippen molar-refractivity contribution in [3.8, 4) is 5.75 Å². The molecule has 1 aromatic heterocycles. The van der Waals surface area contributed by atoms with E-state index in [0.29, 0.717) is 22.8 Å². The summed E-state index contributed by atoms with van der Waals surface area (Å²) in [5.74, 6) is -0.0897. The molecule has 0 atom stereocenters. The van der Waals surface area contributed by atoms with Crippen LogP contribution in [-0.4, -0.2) is 19.7 Å². The van der Waals surface area contributed by atoms with Gasteiger partial charge in [0.05, 0.1) is 19.1 Å². The predicted octanol–water partition coefficient (Wildman–Crippen LogP) is 1.17. The minimum atomic E-state index is -0.635. The van der Waals surface area contributed by atoms with Crippen molar-refractivity contribution in [2.75, 3.05) is 13.7 Å². The quantitative estimate of drug-likeness (QED) is 0.418. The molecule has 0 aliphatic carbocycles. The van der Waals surface area contributed by atoms with Crippen LogP contribution in [0.5, 0.6) is 5.75 Å². The van der Waals surface area contributed by atoms with E-state index in [1.165, 1.54) is 13.2 Å². The van der Waals surface area contributed by atoms with Crippen molar-refractivity contribution >= 4 is 5.97 Å². The number of fused-ring (bicyclic) bond motifs is 1. The van der Waals surface area contributed by atoms with E-state index in [2.05, 4.69) is 4.74 Å². The third-order valence-electron chi connectivity index (χ3n) is 3.07. The number of hydrogen-bond acceptors (Lipinski definition) is 4. The molecule has 0 saturated heterocycles. The molecule has 1 aliphatic rings. The number of pyridine rings is 1. The van der Waals surface area contributed by atoms with Crippen molar-refractivity contribution in [2.45, 2.75) is 25.7 Å². The van der Waals surface area contributed by atoms with Crippen LogP contribution in [0.3, 0.4) is 0 Å². The van der Waals surface area contributed by atoms with Gasteiger partial charge in [0.2, 0.25) is 5.69 Å². The molecule has 0 unspecified atom stereocenters. The molecule has 1 aromatic rings. The number of esters is 1. The molecular weight excluding hydrogens is 222 g/mol. The van der Waals surface area contributed by atoms with Crippen molar-refractivity contribution in [2.24, 2.45) is 0 Å². The first kappa shape index (κ1) is 11.7. The van der Waals surface area contributed by atoms with Gasteiger partial charge in [0.1, 0.15) is 0 Å². The Labute approximate surface area is 99.5 Å². The number of hydrogen-bond donors (Lipinski definition) is 0. The lowest BCUT2D eigenvalue weighted by atomic mass is 9.83. The Hall–Kier alpha value is -1.78. The third-order valence-corrected chi connectivity index (χ3v) is 3.07. The summed E-state index contributed by atoms with van der Waals surface area (Å²) in [5.41, 5.74) is 0.177. The Balaban J connectivity index is 2.61. The lowest BCUT2D eigenvalue weighted by Gasteiger charge is -2.29. The van der Waals surface area contributed by atoms with Gasteiger partial charge >= 0.3 is 11.7 Å². The predicted molar refractivity (Wildman–Crippen MR) is 59.9 cm³/mol. The van der Waals surface area contributed by atoms with Crippen LogP contribution in [0.1, 0.15) is 36.5 Å². The maximum Gasteiger partial charge on any atom is 0.404 e. The van der Waals surface area contributed by atoms with Gasteiger partial charge in [0, 0.05) is 6.07 Å². The summed E-state index contributed by atoms with van der Waals surface area (Å²) in [6, 6.07) is 3.08. The minimum absolute atomic E-state index is 0.00942. The molecule has 2 heterocycles. The summed E-state index contributed by atoms with van der Waals surface area (Å²) in [5, 5.41) is 12.2. The molecule has 0 saturated carbocycles. The average Bonchev–Trinajstić information content (AvgIpc) is 2.27. The molecule has 5 nitrogen and oxygen atoms in total. The molecule has 5 heteroatoms. The first-order valence-corrected chi connectivity index (χ1v) is 5.45. The summed E-state index contributed by atoms with van der Waals surface area (Å²) in [4.78, 5) is 11.4. The molecule has 17 heavy (non-hydrogen) atoms. The fraction of sp³-hybridized carbons (Fsp3) is 0.500. The molecule has 0 N–H and O–H groups in total. The molecule has 0 fully saturated rings. The van der Waals surface area contributed by atoms with Crippen LogP contribution in [0.4, 0.5) is 0 Å². The molecular formula is C12H15NO4. The van der Waals surface area contributed by atoms with Crippen LogP contribution in [0.2, 0.25) is 0 Å². The molecule has 92 valence electrons. The van der Waals surface area contributed by atoms with Crippen molar-refractivity contribution in [3.63, 3.8) is 0 Å². The first-order valence-electron chi connectivity index (χ1n) is 5.45. The molecule has 0 bridgehead atoms. The van der Waals surface area contributed by atoms with Gasteiger partial charge in [-0.2, -0.15) is 4.73 Å². The molecule has 0 aromatic carbocycles. The van der Waals surface area contributed by atoms with Crippen molar-refractivity contribution < 1.29 is 19.0 Å². The van der Waals surface area contributed by atoms with Gasteiger partial charge in [-0.1, -0.05) is 0 Å². The minimum Gasteiger partial charge on any atom is -0.618 e. The maximum atomic E-state index is 12.2. The van der Waals surface area contributed by atoms with Gasteiger partial charge < -0.3 is 14.7 Å². The van der Waals surface area contributed by atoms with Crippen LogP contribution < -0.4 is 9.47 Å². The highest BCUT2D eigenvalue weighted by Gasteiger charge is 2.38. The van der Waals surface area contributed by atoms with Crippen molar-refractivity contribution in [3.05, 3.63) is 28.7 Å². The molecule has 1 aliphatic heterocycles. The van der Waals surface area contributed by atoms with Gasteiger partial charge in [-0.05, 0) is 26.3 Å².